The molecule has 1 fully saturated rings. The number of ether oxygens (including phenoxy) is 1. The van der Waals surface area contributed by atoms with Gasteiger partial charge in [0.25, 0.3) is 5.91 Å². The number of Topliss-reactive ketones (excluding diaryl/α,β-unsaturated/α-hetero) is 1. The maximum atomic E-state index is 14.9. The zero-order valence-corrected chi connectivity index (χ0v) is 32.5. The molecule has 0 spiro atoms. The van der Waals surface area contributed by atoms with E-state index in [4.69, 9.17) is 4.74 Å². The average Bonchev–Trinajstić information content (AvgIpc) is 3.73. The topological polar surface area (TPSA) is 157 Å². The molecule has 5 atom stereocenters. The largest absolute Gasteiger partial charge is 0.447 e. The fourth-order valence-corrected chi connectivity index (χ4v) is 7.31. The summed E-state index contributed by atoms with van der Waals surface area (Å²) in [6.45, 7) is 15.6. The Balaban J connectivity index is 1.95. The molecule has 1 aliphatic heterocycles. The van der Waals surface area contributed by atoms with Crippen LogP contribution in [0.2, 0.25) is 0 Å². The molecular formula is C39H60N6O7. The highest BCUT2D eigenvalue weighted by Crippen LogP contribution is 2.35. The molecule has 288 valence electrons. The molecule has 13 nitrogen and oxygen atoms in total. The number of nitrogens with one attached hydrogen (secondary N) is 3. The Labute approximate surface area is 309 Å². The van der Waals surface area contributed by atoms with E-state index >= 15 is 0 Å². The Bertz CT molecular complexity index is 1450. The van der Waals surface area contributed by atoms with E-state index in [1.54, 1.807) is 26.0 Å². The summed E-state index contributed by atoms with van der Waals surface area (Å²) in [6, 6.07) is 3.97. The van der Waals surface area contributed by atoms with E-state index in [9.17, 15) is 28.8 Å². The third kappa shape index (κ3) is 10.3. The van der Waals surface area contributed by atoms with E-state index in [1.807, 2.05) is 65.8 Å². The molecule has 0 saturated carbocycles. The number of fused-ring (bicyclic) bond motifs is 1. The van der Waals surface area contributed by atoms with Crippen LogP contribution in [0, 0.1) is 23.2 Å². The molecule has 0 radical (unpaired) electrons. The highest BCUT2D eigenvalue weighted by molar-refractivity contribution is 6.38. The van der Waals surface area contributed by atoms with Crippen LogP contribution in [0.5, 0.6) is 0 Å². The smallest absolute Gasteiger partial charge is 0.409 e. The predicted octanol–water partition coefficient (Wildman–Crippen LogP) is 3.55. The van der Waals surface area contributed by atoms with Crippen LogP contribution in [0.3, 0.4) is 0 Å². The quantitative estimate of drug-likeness (QED) is 0.185. The van der Waals surface area contributed by atoms with Crippen LogP contribution < -0.4 is 16.0 Å². The van der Waals surface area contributed by atoms with Gasteiger partial charge in [0.2, 0.25) is 17.6 Å². The van der Waals surface area contributed by atoms with Gasteiger partial charge in [-0.2, -0.15) is 0 Å². The molecule has 6 amide bonds. The number of ketones is 1. The van der Waals surface area contributed by atoms with Crippen molar-refractivity contribution in [2.75, 3.05) is 40.8 Å². The van der Waals surface area contributed by atoms with Crippen LogP contribution in [0.25, 0.3) is 0 Å². The van der Waals surface area contributed by atoms with Crippen LogP contribution in [-0.4, -0.2) is 115 Å². The summed E-state index contributed by atoms with van der Waals surface area (Å²) in [5.41, 5.74) is 1.71. The summed E-state index contributed by atoms with van der Waals surface area (Å²) >= 11 is 0. The fourth-order valence-electron chi connectivity index (χ4n) is 7.31. The van der Waals surface area contributed by atoms with Gasteiger partial charge in [0, 0.05) is 34.2 Å². The van der Waals surface area contributed by atoms with Gasteiger partial charge in [-0.25, -0.2) is 9.59 Å². The fraction of sp³-hybridized carbons (Fsp3) is 0.641. The minimum absolute atomic E-state index is 0.0251. The summed E-state index contributed by atoms with van der Waals surface area (Å²) < 4.78 is 5.51. The van der Waals surface area contributed by atoms with Gasteiger partial charge >= 0.3 is 12.1 Å². The lowest BCUT2D eigenvalue weighted by Crippen LogP contribution is -2.61. The van der Waals surface area contributed by atoms with Crippen molar-refractivity contribution in [1.29, 1.82) is 0 Å². The normalized spacial score (nSPS) is 18.8. The summed E-state index contributed by atoms with van der Waals surface area (Å²) in [5, 5.41) is 8.36. The zero-order valence-electron chi connectivity index (χ0n) is 32.5. The van der Waals surface area contributed by atoms with Crippen LogP contribution >= 0.6 is 0 Å². The van der Waals surface area contributed by atoms with E-state index in [2.05, 4.69) is 22.5 Å². The second kappa shape index (κ2) is 18.4. The second-order valence-electron chi connectivity index (χ2n) is 15.7. The van der Waals surface area contributed by atoms with E-state index in [-0.39, 0.29) is 43.2 Å². The minimum atomic E-state index is -1.06. The first-order chi connectivity index (χ1) is 24.4. The van der Waals surface area contributed by atoms with Crippen molar-refractivity contribution in [3.8, 4) is 0 Å². The Kier molecular flexibility index (Phi) is 14.8. The van der Waals surface area contributed by atoms with Gasteiger partial charge in [-0.15, -0.1) is 6.58 Å². The molecule has 3 unspecified atom stereocenters. The number of hydrogen-bond donors (Lipinski definition) is 3. The van der Waals surface area contributed by atoms with Gasteiger partial charge in [-0.1, -0.05) is 78.3 Å². The lowest BCUT2D eigenvalue weighted by Gasteiger charge is -2.39. The van der Waals surface area contributed by atoms with Gasteiger partial charge in [-0.3, -0.25) is 19.2 Å². The first-order valence-electron chi connectivity index (χ1n) is 18.4. The van der Waals surface area contributed by atoms with E-state index in [0.717, 1.165) is 11.1 Å². The van der Waals surface area contributed by atoms with Crippen molar-refractivity contribution < 1.29 is 33.5 Å². The SMILES string of the molecule is C=CCNC(=O)C(=O)C(CCC)NC(=O)[C@@H]1[C@@H](C(C)C)CCN1C(=O)C(NC(=O)N(C)C(COC(=O)N(C)C)C(C)(C)C)C1Cc2ccccc2C1. The molecule has 3 rings (SSSR count). The van der Waals surface area contributed by atoms with Gasteiger partial charge in [0.1, 0.15) is 18.7 Å². The van der Waals surface area contributed by atoms with Gasteiger partial charge < -0.3 is 35.4 Å². The van der Waals surface area contributed by atoms with Crippen molar-refractivity contribution in [3.63, 3.8) is 0 Å². The summed E-state index contributed by atoms with van der Waals surface area (Å²) in [7, 11) is 4.79. The van der Waals surface area contributed by atoms with Crippen molar-refractivity contribution in [1.82, 2.24) is 30.7 Å². The number of carbonyl (C=O) groups excluding carboxylic acids is 6. The molecule has 52 heavy (non-hydrogen) atoms. The summed E-state index contributed by atoms with van der Waals surface area (Å²) in [6.07, 6.45) is 3.41. The molecule has 1 aromatic rings. The Hall–Kier alpha value is -4.42. The van der Waals surface area contributed by atoms with E-state index in [0.29, 0.717) is 32.2 Å². The maximum absolute atomic E-state index is 14.9. The molecule has 3 N–H and O–H groups in total. The average molecular weight is 725 g/mol. The van der Waals surface area contributed by atoms with Crippen LogP contribution in [0.15, 0.2) is 36.9 Å². The molecular weight excluding hydrogens is 664 g/mol. The van der Waals surface area contributed by atoms with Gasteiger partial charge in [-0.05, 0) is 60.0 Å². The summed E-state index contributed by atoms with van der Waals surface area (Å²) in [5.74, 6) is -2.92. The molecule has 1 saturated heterocycles. The highest BCUT2D eigenvalue weighted by atomic mass is 16.6. The number of carbonyl (C=O) groups is 6. The number of amides is 6. The molecule has 2 aliphatic rings. The molecule has 1 aromatic carbocycles. The second-order valence-corrected chi connectivity index (χ2v) is 15.7. The molecule has 13 heteroatoms. The Morgan fingerprint density at radius 1 is 1.02 bits per heavy atom. The maximum Gasteiger partial charge on any atom is 0.409 e. The third-order valence-electron chi connectivity index (χ3n) is 10.3. The monoisotopic (exact) mass is 724 g/mol. The lowest BCUT2D eigenvalue weighted by molar-refractivity contribution is -0.144. The van der Waals surface area contributed by atoms with Crippen LogP contribution in [-0.2, 0) is 36.8 Å². The zero-order chi connectivity index (χ0) is 38.9. The molecule has 1 aliphatic carbocycles. The van der Waals surface area contributed by atoms with Gasteiger partial charge in [0.05, 0.1) is 12.1 Å². The standard InChI is InChI=1S/C39H60N6O7/c1-11-15-29(33(46)35(48)40-19-12-2)41-34(47)32-28(24(3)4)18-20-45(32)36(49)31(27-21-25-16-13-14-17-26(25)22-27)42-37(50)44(10)30(39(5,6)7)23-52-38(51)43(8)9/h12-14,16-17,24,27-32H,2,11,15,18-23H2,1,3-10H3,(H,40,48)(H,41,47)(H,42,50)/t28-,29?,30?,31?,32+/m1/s1. The molecule has 1 heterocycles. The number of urea groups is 1. The van der Waals surface area contributed by atoms with Crippen LogP contribution in [0.1, 0.15) is 71.9 Å². The van der Waals surface area contributed by atoms with Crippen molar-refractivity contribution in [3.05, 3.63) is 48.0 Å². The number of rotatable bonds is 15. The third-order valence-corrected chi connectivity index (χ3v) is 10.3. The van der Waals surface area contributed by atoms with E-state index in [1.165, 1.54) is 15.9 Å². The first-order valence-corrected chi connectivity index (χ1v) is 18.4. The molecule has 0 bridgehead atoms. The first kappa shape index (κ1) is 42.0. The van der Waals surface area contributed by atoms with Crippen molar-refractivity contribution in [2.24, 2.45) is 23.2 Å². The van der Waals surface area contributed by atoms with E-state index < -0.39 is 59.3 Å². The lowest BCUT2D eigenvalue weighted by atomic mass is 9.86. The molecule has 0 aromatic heterocycles. The summed E-state index contributed by atoms with van der Waals surface area (Å²) in [4.78, 5) is 85.5. The predicted molar refractivity (Wildman–Crippen MR) is 199 cm³/mol. The van der Waals surface area contributed by atoms with Crippen LogP contribution in [0.4, 0.5) is 9.59 Å². The van der Waals surface area contributed by atoms with Crippen molar-refractivity contribution >= 4 is 35.6 Å². The van der Waals surface area contributed by atoms with Crippen molar-refractivity contribution in [2.45, 2.75) is 97.8 Å². The van der Waals surface area contributed by atoms with Gasteiger partial charge in [0.15, 0.2) is 0 Å². The number of likely N-dealkylation sites (N-methyl/N-ethyl adjacent to an activating group) is 1. The number of likely N-dealkylation sites (tertiary alicyclic amines) is 1. The Morgan fingerprint density at radius 2 is 1.63 bits per heavy atom. The number of nitrogens with zero attached hydrogens (tertiary/aromatic N) is 3. The highest BCUT2D eigenvalue weighted by Gasteiger charge is 2.48. The number of benzene rings is 1. The number of hydrogen-bond acceptors (Lipinski definition) is 7. The minimum Gasteiger partial charge on any atom is -0.447 e. The Morgan fingerprint density at radius 3 is 2.15 bits per heavy atom.